The Morgan fingerprint density at radius 2 is 2.04 bits per heavy atom. The number of aromatic nitrogens is 3. The van der Waals surface area contributed by atoms with Crippen LogP contribution >= 0.6 is 23.2 Å². The van der Waals surface area contributed by atoms with Crippen molar-refractivity contribution in [3.63, 3.8) is 0 Å². The maximum absolute atomic E-state index is 12.8. The van der Waals surface area contributed by atoms with Gasteiger partial charge in [-0.2, -0.15) is 13.9 Å². The Morgan fingerprint density at radius 1 is 1.39 bits per heavy atom. The standard InChI is InChI=1S/C11H10Cl2F2N4O3S/c1-5-16-18(11(20)19(5)10(14)15)4-6-2-9(17-23(21)22)8(13)3-7(6)12/h2-3,10,17H,4H2,1H3,(H,21,22). The van der Waals surface area contributed by atoms with Crippen LogP contribution in [0.1, 0.15) is 17.9 Å². The number of nitrogens with zero attached hydrogens (tertiary/aromatic N) is 3. The molecule has 0 aliphatic heterocycles. The monoisotopic (exact) mass is 386 g/mol. The molecule has 0 spiro atoms. The fourth-order valence-electron chi connectivity index (χ4n) is 1.90. The zero-order chi connectivity index (χ0) is 17.3. The molecule has 12 heteroatoms. The second-order valence-electron chi connectivity index (χ2n) is 4.41. The summed E-state index contributed by atoms with van der Waals surface area (Å²) >= 11 is 9.51. The maximum Gasteiger partial charge on any atom is 0.350 e. The van der Waals surface area contributed by atoms with E-state index in [0.29, 0.717) is 5.56 Å². The van der Waals surface area contributed by atoms with E-state index >= 15 is 0 Å². The van der Waals surface area contributed by atoms with Crippen molar-refractivity contribution in [3.05, 3.63) is 44.1 Å². The third kappa shape index (κ3) is 3.89. The molecule has 1 aromatic carbocycles. The number of benzene rings is 1. The van der Waals surface area contributed by atoms with E-state index in [0.717, 1.165) is 4.68 Å². The van der Waals surface area contributed by atoms with Crippen LogP contribution in [0, 0.1) is 6.92 Å². The zero-order valence-corrected chi connectivity index (χ0v) is 13.8. The maximum atomic E-state index is 12.8. The van der Waals surface area contributed by atoms with E-state index in [1.165, 1.54) is 19.1 Å². The van der Waals surface area contributed by atoms with Crippen LogP contribution in [0.5, 0.6) is 0 Å². The predicted octanol–water partition coefficient (Wildman–Crippen LogP) is 2.65. The molecule has 0 radical (unpaired) electrons. The molecule has 1 unspecified atom stereocenters. The molecule has 0 fully saturated rings. The Labute approximate surface area is 141 Å². The highest BCUT2D eigenvalue weighted by molar-refractivity contribution is 7.80. The van der Waals surface area contributed by atoms with Gasteiger partial charge in [0.15, 0.2) is 0 Å². The summed E-state index contributed by atoms with van der Waals surface area (Å²) in [6.07, 6.45) is 0. The summed E-state index contributed by atoms with van der Waals surface area (Å²) in [5.41, 5.74) is -0.584. The lowest BCUT2D eigenvalue weighted by atomic mass is 10.2. The van der Waals surface area contributed by atoms with Gasteiger partial charge in [-0.1, -0.05) is 23.2 Å². The van der Waals surface area contributed by atoms with Gasteiger partial charge in [0.2, 0.25) is 0 Å². The highest BCUT2D eigenvalue weighted by Gasteiger charge is 2.18. The molecule has 1 atom stereocenters. The fourth-order valence-corrected chi connectivity index (χ4v) is 2.81. The second kappa shape index (κ2) is 6.95. The lowest BCUT2D eigenvalue weighted by molar-refractivity contribution is 0.0637. The van der Waals surface area contributed by atoms with Gasteiger partial charge in [-0.05, 0) is 24.6 Å². The van der Waals surface area contributed by atoms with Crippen LogP contribution in [0.4, 0.5) is 14.5 Å². The summed E-state index contributed by atoms with van der Waals surface area (Å²) in [4.78, 5) is 11.9. The molecule has 0 amide bonds. The number of nitrogens with one attached hydrogen (secondary N) is 1. The van der Waals surface area contributed by atoms with Crippen molar-refractivity contribution in [2.75, 3.05) is 4.72 Å². The first-order valence-electron chi connectivity index (χ1n) is 6.00. The number of alkyl halides is 2. The Morgan fingerprint density at radius 3 is 2.57 bits per heavy atom. The first-order chi connectivity index (χ1) is 10.7. The van der Waals surface area contributed by atoms with Gasteiger partial charge in [0.25, 0.3) is 11.3 Å². The average Bonchev–Trinajstić information content (AvgIpc) is 2.69. The second-order valence-corrected chi connectivity index (χ2v) is 5.93. The molecule has 7 nitrogen and oxygen atoms in total. The molecule has 0 bridgehead atoms. The Kier molecular flexibility index (Phi) is 5.40. The molecule has 23 heavy (non-hydrogen) atoms. The van der Waals surface area contributed by atoms with Crippen LogP contribution in [0.15, 0.2) is 16.9 Å². The van der Waals surface area contributed by atoms with E-state index in [2.05, 4.69) is 9.82 Å². The molecule has 2 aromatic rings. The van der Waals surface area contributed by atoms with Crippen molar-refractivity contribution in [2.45, 2.75) is 20.0 Å². The minimum Gasteiger partial charge on any atom is -0.289 e. The van der Waals surface area contributed by atoms with Gasteiger partial charge in [0.05, 0.1) is 17.3 Å². The Balaban J connectivity index is 2.43. The third-order valence-corrected chi connectivity index (χ3v) is 3.95. The van der Waals surface area contributed by atoms with E-state index in [-0.39, 0.29) is 32.7 Å². The van der Waals surface area contributed by atoms with Gasteiger partial charge in [-0.3, -0.25) is 9.27 Å². The summed E-state index contributed by atoms with van der Waals surface area (Å²) in [7, 11) is 0. The summed E-state index contributed by atoms with van der Waals surface area (Å²) < 4.78 is 48.4. The summed E-state index contributed by atoms with van der Waals surface area (Å²) in [5.74, 6) is -0.148. The fraction of sp³-hybridized carbons (Fsp3) is 0.273. The summed E-state index contributed by atoms with van der Waals surface area (Å²) in [6.45, 7) is -1.94. The topological polar surface area (TPSA) is 89.2 Å². The minimum absolute atomic E-state index is 0.0859. The number of hydrogen-bond acceptors (Lipinski definition) is 3. The lowest BCUT2D eigenvalue weighted by Gasteiger charge is -2.09. The number of halogens is 4. The molecule has 2 N–H and O–H groups in total. The van der Waals surface area contributed by atoms with Crippen LogP contribution in [0.25, 0.3) is 0 Å². The predicted molar refractivity (Wildman–Crippen MR) is 82.4 cm³/mol. The molecule has 1 heterocycles. The highest BCUT2D eigenvalue weighted by Crippen LogP contribution is 2.30. The molecule has 0 aliphatic rings. The van der Waals surface area contributed by atoms with Gasteiger partial charge in [-0.25, -0.2) is 18.3 Å². The highest BCUT2D eigenvalue weighted by atomic mass is 35.5. The van der Waals surface area contributed by atoms with Gasteiger partial charge < -0.3 is 0 Å². The first-order valence-corrected chi connectivity index (χ1v) is 7.86. The largest absolute Gasteiger partial charge is 0.350 e. The summed E-state index contributed by atoms with van der Waals surface area (Å²) in [6, 6.07) is 2.64. The Hall–Kier alpha value is -1.49. The minimum atomic E-state index is -3.01. The number of anilines is 1. The normalized spacial score (nSPS) is 12.7. The SMILES string of the molecule is Cc1nn(Cc2cc(NS(=O)O)c(Cl)cc2Cl)c(=O)n1C(F)F. The van der Waals surface area contributed by atoms with Crippen molar-refractivity contribution in [1.29, 1.82) is 0 Å². The zero-order valence-electron chi connectivity index (χ0n) is 11.5. The van der Waals surface area contributed by atoms with Crippen LogP contribution in [-0.4, -0.2) is 23.1 Å². The van der Waals surface area contributed by atoms with Crippen molar-refractivity contribution >= 4 is 40.2 Å². The molecule has 0 aliphatic carbocycles. The van der Waals surface area contributed by atoms with E-state index < -0.39 is 23.5 Å². The van der Waals surface area contributed by atoms with E-state index in [9.17, 15) is 17.8 Å². The van der Waals surface area contributed by atoms with E-state index in [4.69, 9.17) is 27.8 Å². The molecule has 1 aromatic heterocycles. The van der Waals surface area contributed by atoms with Crippen molar-refractivity contribution in [2.24, 2.45) is 0 Å². The molecule has 126 valence electrons. The number of rotatable bonds is 5. The smallest absolute Gasteiger partial charge is 0.289 e. The van der Waals surface area contributed by atoms with Crippen molar-refractivity contribution in [1.82, 2.24) is 14.3 Å². The van der Waals surface area contributed by atoms with Gasteiger partial charge in [0.1, 0.15) is 5.82 Å². The summed E-state index contributed by atoms with van der Waals surface area (Å²) in [5, 5.41) is 3.99. The van der Waals surface area contributed by atoms with E-state index in [1.54, 1.807) is 0 Å². The van der Waals surface area contributed by atoms with Crippen LogP contribution in [0.3, 0.4) is 0 Å². The lowest BCUT2D eigenvalue weighted by Crippen LogP contribution is -2.26. The van der Waals surface area contributed by atoms with Crippen molar-refractivity contribution < 1.29 is 17.5 Å². The average molecular weight is 387 g/mol. The quantitative estimate of drug-likeness (QED) is 0.772. The van der Waals surface area contributed by atoms with Gasteiger partial charge in [-0.15, -0.1) is 0 Å². The van der Waals surface area contributed by atoms with Crippen molar-refractivity contribution in [3.8, 4) is 0 Å². The Bertz CT molecular complexity index is 824. The molecule has 0 saturated carbocycles. The van der Waals surface area contributed by atoms with E-state index in [1.807, 2.05) is 0 Å². The number of aryl methyl sites for hydroxylation is 1. The number of hydrogen-bond donors (Lipinski definition) is 2. The molecular formula is C11H10Cl2F2N4O3S. The molecule has 0 saturated heterocycles. The third-order valence-electron chi connectivity index (χ3n) is 2.89. The molecule has 2 rings (SSSR count). The molecular weight excluding hydrogens is 377 g/mol. The van der Waals surface area contributed by atoms with Crippen LogP contribution in [0.2, 0.25) is 10.0 Å². The van der Waals surface area contributed by atoms with Crippen LogP contribution < -0.4 is 10.4 Å². The van der Waals surface area contributed by atoms with Crippen LogP contribution in [-0.2, 0) is 17.8 Å². The van der Waals surface area contributed by atoms with Gasteiger partial charge in [0, 0.05) is 5.02 Å². The first kappa shape index (κ1) is 17.9. The van der Waals surface area contributed by atoms with Gasteiger partial charge >= 0.3 is 12.2 Å².